The molecule has 3 nitrogen and oxygen atoms in total. The zero-order valence-corrected chi connectivity index (χ0v) is 12.6. The van der Waals surface area contributed by atoms with Crippen LogP contribution in [0.2, 0.25) is 0 Å². The normalized spacial score (nSPS) is 13.5. The average molecular weight is 289 g/mol. The molecule has 0 bridgehead atoms. The van der Waals surface area contributed by atoms with Gasteiger partial charge in [-0.05, 0) is 36.8 Å². The fraction of sp³-hybridized carbons (Fsp3) is 0.158. The second-order valence-corrected chi connectivity index (χ2v) is 5.24. The van der Waals surface area contributed by atoms with Crippen LogP contribution in [0.4, 0.5) is 0 Å². The maximum absolute atomic E-state index is 4.52. The van der Waals surface area contributed by atoms with E-state index in [1.165, 1.54) is 5.56 Å². The highest BCUT2D eigenvalue weighted by Crippen LogP contribution is 2.23. The zero-order valence-electron chi connectivity index (χ0n) is 12.6. The molecule has 3 rings (SSSR count). The predicted octanol–water partition coefficient (Wildman–Crippen LogP) is 3.92. The van der Waals surface area contributed by atoms with Gasteiger partial charge in [0.2, 0.25) is 0 Å². The van der Waals surface area contributed by atoms with Gasteiger partial charge in [0, 0.05) is 18.4 Å². The Balaban J connectivity index is 1.90. The maximum Gasteiger partial charge on any atom is 0.0756 e. The molecule has 110 valence electrons. The Hall–Kier alpha value is -2.52. The first-order chi connectivity index (χ1) is 10.8. The molecule has 3 heteroatoms. The van der Waals surface area contributed by atoms with Gasteiger partial charge in [-0.2, -0.15) is 0 Å². The highest BCUT2D eigenvalue weighted by Gasteiger charge is 2.18. The van der Waals surface area contributed by atoms with E-state index in [4.69, 9.17) is 0 Å². The smallest absolute Gasteiger partial charge is 0.0756 e. The number of benzene rings is 1. The van der Waals surface area contributed by atoms with Crippen molar-refractivity contribution in [1.29, 1.82) is 0 Å². The van der Waals surface area contributed by atoms with Crippen molar-refractivity contribution in [2.75, 3.05) is 0 Å². The number of pyridine rings is 2. The van der Waals surface area contributed by atoms with Gasteiger partial charge in [-0.3, -0.25) is 15.3 Å². The van der Waals surface area contributed by atoms with Crippen LogP contribution < -0.4 is 5.32 Å². The molecule has 0 aliphatic heterocycles. The second kappa shape index (κ2) is 6.96. The first-order valence-corrected chi connectivity index (χ1v) is 7.47. The van der Waals surface area contributed by atoms with Gasteiger partial charge in [-0.25, -0.2) is 0 Å². The van der Waals surface area contributed by atoms with Gasteiger partial charge in [0.1, 0.15) is 0 Å². The van der Waals surface area contributed by atoms with Crippen molar-refractivity contribution >= 4 is 0 Å². The highest BCUT2D eigenvalue weighted by atomic mass is 15.0. The lowest BCUT2D eigenvalue weighted by Gasteiger charge is -2.23. The lowest BCUT2D eigenvalue weighted by atomic mass is 10.0. The van der Waals surface area contributed by atoms with Crippen molar-refractivity contribution in [2.24, 2.45) is 0 Å². The summed E-state index contributed by atoms with van der Waals surface area (Å²) in [5, 5.41) is 3.64. The van der Waals surface area contributed by atoms with Crippen LogP contribution in [0, 0.1) is 0 Å². The SMILES string of the molecule is C[C@H](N[C@@H](c1ccccc1)c1ccccn1)c1ccccn1. The van der Waals surface area contributed by atoms with E-state index < -0.39 is 0 Å². The van der Waals surface area contributed by atoms with E-state index in [1.807, 2.05) is 48.8 Å². The first-order valence-electron chi connectivity index (χ1n) is 7.47. The number of hydrogen-bond acceptors (Lipinski definition) is 3. The summed E-state index contributed by atoms with van der Waals surface area (Å²) in [5.41, 5.74) is 3.24. The third-order valence-corrected chi connectivity index (χ3v) is 3.66. The topological polar surface area (TPSA) is 37.8 Å². The van der Waals surface area contributed by atoms with Crippen LogP contribution >= 0.6 is 0 Å². The predicted molar refractivity (Wildman–Crippen MR) is 88.3 cm³/mol. The van der Waals surface area contributed by atoms with Crippen molar-refractivity contribution in [3.8, 4) is 0 Å². The van der Waals surface area contributed by atoms with E-state index in [2.05, 4.69) is 52.5 Å². The van der Waals surface area contributed by atoms with Crippen LogP contribution in [-0.2, 0) is 0 Å². The van der Waals surface area contributed by atoms with Gasteiger partial charge < -0.3 is 0 Å². The molecule has 0 saturated heterocycles. The van der Waals surface area contributed by atoms with Crippen LogP contribution in [0.1, 0.15) is 36.0 Å². The zero-order chi connectivity index (χ0) is 15.2. The third kappa shape index (κ3) is 3.38. The number of aromatic nitrogens is 2. The maximum atomic E-state index is 4.52. The van der Waals surface area contributed by atoms with E-state index in [-0.39, 0.29) is 12.1 Å². The molecule has 0 unspecified atom stereocenters. The summed E-state index contributed by atoms with van der Waals surface area (Å²) in [5.74, 6) is 0. The lowest BCUT2D eigenvalue weighted by molar-refractivity contribution is 0.499. The standard InChI is InChI=1S/C19H19N3/c1-15(17-11-5-7-13-20-17)22-19(16-9-3-2-4-10-16)18-12-6-8-14-21-18/h2-15,19,22H,1H3/t15-,19-/m0/s1. The molecular weight excluding hydrogens is 270 g/mol. The Morgan fingerprint density at radius 2 is 1.32 bits per heavy atom. The summed E-state index contributed by atoms with van der Waals surface area (Å²) < 4.78 is 0. The molecule has 1 aromatic carbocycles. The van der Waals surface area contributed by atoms with E-state index in [0.29, 0.717) is 0 Å². The molecule has 2 aromatic heterocycles. The molecule has 0 aliphatic carbocycles. The van der Waals surface area contributed by atoms with Crippen LogP contribution in [0.5, 0.6) is 0 Å². The third-order valence-electron chi connectivity index (χ3n) is 3.66. The summed E-state index contributed by atoms with van der Waals surface area (Å²) in [6.07, 6.45) is 3.66. The average Bonchev–Trinajstić information content (AvgIpc) is 2.62. The Labute approximate surface area is 131 Å². The van der Waals surface area contributed by atoms with Crippen molar-refractivity contribution in [1.82, 2.24) is 15.3 Å². The van der Waals surface area contributed by atoms with Gasteiger partial charge in [0.15, 0.2) is 0 Å². The Morgan fingerprint density at radius 1 is 0.727 bits per heavy atom. The summed E-state index contributed by atoms with van der Waals surface area (Å²) in [4.78, 5) is 8.96. The molecule has 0 spiro atoms. The molecule has 0 saturated carbocycles. The quantitative estimate of drug-likeness (QED) is 0.773. The summed E-state index contributed by atoms with van der Waals surface area (Å²) in [7, 11) is 0. The molecule has 3 aromatic rings. The largest absolute Gasteiger partial charge is 0.297 e. The highest BCUT2D eigenvalue weighted by molar-refractivity contribution is 5.28. The van der Waals surface area contributed by atoms with E-state index in [1.54, 1.807) is 0 Å². The minimum Gasteiger partial charge on any atom is -0.297 e. The van der Waals surface area contributed by atoms with Crippen LogP contribution in [0.25, 0.3) is 0 Å². The summed E-state index contributed by atoms with van der Waals surface area (Å²) in [6.45, 7) is 2.13. The number of rotatable bonds is 5. The van der Waals surface area contributed by atoms with E-state index in [9.17, 15) is 0 Å². The number of nitrogens with zero attached hydrogens (tertiary/aromatic N) is 2. The van der Waals surface area contributed by atoms with Crippen molar-refractivity contribution in [3.63, 3.8) is 0 Å². The summed E-state index contributed by atoms with van der Waals surface area (Å²) in [6, 6.07) is 22.6. The van der Waals surface area contributed by atoms with Gasteiger partial charge in [-0.15, -0.1) is 0 Å². The second-order valence-electron chi connectivity index (χ2n) is 5.24. The van der Waals surface area contributed by atoms with Crippen molar-refractivity contribution in [2.45, 2.75) is 19.0 Å². The fourth-order valence-electron chi connectivity index (χ4n) is 2.51. The summed E-state index contributed by atoms with van der Waals surface area (Å²) >= 11 is 0. The Morgan fingerprint density at radius 3 is 1.91 bits per heavy atom. The lowest BCUT2D eigenvalue weighted by Crippen LogP contribution is -2.26. The molecule has 0 amide bonds. The van der Waals surface area contributed by atoms with Gasteiger partial charge in [0.25, 0.3) is 0 Å². The molecule has 0 radical (unpaired) electrons. The minimum absolute atomic E-state index is 0.0411. The molecule has 22 heavy (non-hydrogen) atoms. The number of hydrogen-bond donors (Lipinski definition) is 1. The molecule has 0 aliphatic rings. The fourth-order valence-corrected chi connectivity index (χ4v) is 2.51. The van der Waals surface area contributed by atoms with Crippen LogP contribution in [0.15, 0.2) is 79.1 Å². The van der Waals surface area contributed by atoms with Crippen LogP contribution in [0.3, 0.4) is 0 Å². The molecule has 2 heterocycles. The molecule has 2 atom stereocenters. The minimum atomic E-state index is 0.0411. The van der Waals surface area contributed by atoms with Crippen molar-refractivity contribution in [3.05, 3.63) is 96.1 Å². The molecular formula is C19H19N3. The van der Waals surface area contributed by atoms with E-state index in [0.717, 1.165) is 11.4 Å². The van der Waals surface area contributed by atoms with Crippen LogP contribution in [-0.4, -0.2) is 9.97 Å². The van der Waals surface area contributed by atoms with Crippen molar-refractivity contribution < 1.29 is 0 Å². The Bertz CT molecular complexity index is 644. The number of nitrogens with one attached hydrogen (secondary N) is 1. The van der Waals surface area contributed by atoms with Gasteiger partial charge in [0.05, 0.1) is 17.4 Å². The molecule has 1 N–H and O–H groups in total. The molecule has 0 fully saturated rings. The van der Waals surface area contributed by atoms with Gasteiger partial charge >= 0.3 is 0 Å². The van der Waals surface area contributed by atoms with E-state index >= 15 is 0 Å². The Kier molecular flexibility index (Phi) is 4.56. The first kappa shape index (κ1) is 14.4. The van der Waals surface area contributed by atoms with Gasteiger partial charge in [-0.1, -0.05) is 42.5 Å². The monoisotopic (exact) mass is 289 g/mol.